The lowest BCUT2D eigenvalue weighted by molar-refractivity contribution is 0.298. The monoisotopic (exact) mass is 270 g/mol. The lowest BCUT2D eigenvalue weighted by Gasteiger charge is -2.14. The predicted molar refractivity (Wildman–Crippen MR) is 70.4 cm³/mol. The molecule has 0 aromatic carbocycles. The van der Waals surface area contributed by atoms with Crippen molar-refractivity contribution in [3.63, 3.8) is 0 Å². The highest BCUT2D eigenvalue weighted by molar-refractivity contribution is 7.92. The summed E-state index contributed by atoms with van der Waals surface area (Å²) in [6, 6.07) is 1.66. The maximum Gasteiger partial charge on any atom is 0.230 e. The predicted octanol–water partition coefficient (Wildman–Crippen LogP) is 2.12. The molecule has 0 radical (unpaired) electrons. The van der Waals surface area contributed by atoms with Crippen LogP contribution in [0.4, 0.5) is 5.82 Å². The van der Waals surface area contributed by atoms with Crippen molar-refractivity contribution in [3.05, 3.63) is 17.8 Å². The first-order valence-corrected chi connectivity index (χ1v) is 7.88. The Labute approximate surface area is 108 Å². The quantitative estimate of drug-likeness (QED) is 0.889. The number of hydrogen-bond acceptors (Lipinski definition) is 4. The summed E-state index contributed by atoms with van der Waals surface area (Å²) in [5.41, 5.74) is 1.00. The van der Waals surface area contributed by atoms with Crippen molar-refractivity contribution in [1.29, 1.82) is 0 Å². The number of aromatic nitrogens is 1. The molecule has 1 fully saturated rings. The number of pyridine rings is 1. The molecule has 1 N–H and O–H groups in total. The molecule has 0 bridgehead atoms. The third kappa shape index (κ3) is 3.60. The molecule has 18 heavy (non-hydrogen) atoms. The highest BCUT2D eigenvalue weighted by atomic mass is 32.2. The van der Waals surface area contributed by atoms with E-state index in [0.717, 1.165) is 30.4 Å². The van der Waals surface area contributed by atoms with Crippen LogP contribution in [-0.2, 0) is 10.0 Å². The minimum atomic E-state index is -3.31. The van der Waals surface area contributed by atoms with E-state index in [9.17, 15) is 8.42 Å². The first-order valence-electron chi connectivity index (χ1n) is 5.99. The van der Waals surface area contributed by atoms with Gasteiger partial charge in [-0.15, -0.1) is 0 Å². The van der Waals surface area contributed by atoms with Gasteiger partial charge in [-0.05, 0) is 18.8 Å². The molecule has 0 spiro atoms. The SMILES string of the molecule is CC(C)c1cnc(NS(C)(=O)=O)cc1OC1CC1. The maximum atomic E-state index is 11.2. The summed E-state index contributed by atoms with van der Waals surface area (Å²) >= 11 is 0. The number of nitrogens with zero attached hydrogens (tertiary/aromatic N) is 1. The van der Waals surface area contributed by atoms with Gasteiger partial charge < -0.3 is 4.74 Å². The second-order valence-corrected chi connectivity index (χ2v) is 6.70. The van der Waals surface area contributed by atoms with Gasteiger partial charge in [-0.3, -0.25) is 4.72 Å². The van der Waals surface area contributed by atoms with Crippen molar-refractivity contribution in [2.24, 2.45) is 0 Å². The van der Waals surface area contributed by atoms with Gasteiger partial charge in [0.25, 0.3) is 0 Å². The van der Waals surface area contributed by atoms with E-state index in [-0.39, 0.29) is 6.10 Å². The third-order valence-electron chi connectivity index (χ3n) is 2.63. The van der Waals surface area contributed by atoms with Crippen molar-refractivity contribution < 1.29 is 13.2 Å². The summed E-state index contributed by atoms with van der Waals surface area (Å²) in [4.78, 5) is 4.10. The van der Waals surface area contributed by atoms with Crippen LogP contribution in [0.2, 0.25) is 0 Å². The molecule has 1 heterocycles. The third-order valence-corrected chi connectivity index (χ3v) is 3.20. The highest BCUT2D eigenvalue weighted by Crippen LogP contribution is 2.33. The number of sulfonamides is 1. The average molecular weight is 270 g/mol. The van der Waals surface area contributed by atoms with Crippen molar-refractivity contribution in [2.75, 3.05) is 11.0 Å². The minimum Gasteiger partial charge on any atom is -0.490 e. The number of anilines is 1. The van der Waals surface area contributed by atoms with Crippen molar-refractivity contribution in [2.45, 2.75) is 38.7 Å². The summed E-state index contributed by atoms with van der Waals surface area (Å²) in [6.07, 6.45) is 5.18. The van der Waals surface area contributed by atoms with Gasteiger partial charge in [-0.25, -0.2) is 13.4 Å². The fourth-order valence-corrected chi connectivity index (χ4v) is 2.09. The molecular formula is C12H18N2O3S. The molecule has 2 rings (SSSR count). The minimum absolute atomic E-state index is 0.274. The zero-order chi connectivity index (χ0) is 13.3. The van der Waals surface area contributed by atoms with Crippen molar-refractivity contribution >= 4 is 15.8 Å². The van der Waals surface area contributed by atoms with Crippen LogP contribution in [0, 0.1) is 0 Å². The molecule has 1 saturated carbocycles. The van der Waals surface area contributed by atoms with Crippen LogP contribution in [-0.4, -0.2) is 25.8 Å². The van der Waals surface area contributed by atoms with E-state index >= 15 is 0 Å². The maximum absolute atomic E-state index is 11.2. The molecular weight excluding hydrogens is 252 g/mol. The van der Waals surface area contributed by atoms with Gasteiger partial charge >= 0.3 is 0 Å². The Hall–Kier alpha value is -1.30. The molecule has 1 aliphatic rings. The zero-order valence-corrected chi connectivity index (χ0v) is 11.6. The number of ether oxygens (including phenoxy) is 1. The van der Waals surface area contributed by atoms with E-state index in [0.29, 0.717) is 11.7 Å². The zero-order valence-electron chi connectivity index (χ0n) is 10.8. The van der Waals surface area contributed by atoms with Crippen LogP contribution >= 0.6 is 0 Å². The largest absolute Gasteiger partial charge is 0.490 e. The molecule has 0 aliphatic heterocycles. The van der Waals surface area contributed by atoms with Crippen molar-refractivity contribution in [3.8, 4) is 5.75 Å². The standard InChI is InChI=1S/C12H18N2O3S/c1-8(2)10-7-13-12(14-18(3,15)16)6-11(10)17-9-4-5-9/h6-9H,4-5H2,1-3H3,(H,13,14). The molecule has 1 aromatic rings. The second kappa shape index (κ2) is 4.76. The Balaban J connectivity index is 2.28. The fraction of sp³-hybridized carbons (Fsp3) is 0.583. The van der Waals surface area contributed by atoms with Gasteiger partial charge in [0.2, 0.25) is 10.0 Å². The number of rotatable bonds is 5. The van der Waals surface area contributed by atoms with Crippen LogP contribution in [0.1, 0.15) is 38.2 Å². The van der Waals surface area contributed by atoms with E-state index < -0.39 is 10.0 Å². The number of nitrogens with one attached hydrogen (secondary N) is 1. The lowest BCUT2D eigenvalue weighted by Crippen LogP contribution is -2.12. The van der Waals surface area contributed by atoms with Gasteiger partial charge in [-0.1, -0.05) is 13.8 Å². The Kier molecular flexibility index (Phi) is 3.47. The Morgan fingerprint density at radius 1 is 1.44 bits per heavy atom. The number of hydrogen-bond donors (Lipinski definition) is 1. The summed E-state index contributed by atoms with van der Waals surface area (Å²) in [6.45, 7) is 4.11. The van der Waals surface area contributed by atoms with Crippen LogP contribution in [0.3, 0.4) is 0 Å². The van der Waals surface area contributed by atoms with Gasteiger partial charge in [0, 0.05) is 17.8 Å². The van der Waals surface area contributed by atoms with E-state index in [4.69, 9.17) is 4.74 Å². The smallest absolute Gasteiger partial charge is 0.230 e. The molecule has 100 valence electrons. The lowest BCUT2D eigenvalue weighted by atomic mass is 10.0. The molecule has 1 aliphatic carbocycles. The van der Waals surface area contributed by atoms with Crippen LogP contribution in [0.25, 0.3) is 0 Å². The Morgan fingerprint density at radius 3 is 2.61 bits per heavy atom. The fourth-order valence-electron chi connectivity index (χ4n) is 1.59. The summed E-state index contributed by atoms with van der Waals surface area (Å²) < 4.78 is 30.5. The van der Waals surface area contributed by atoms with Crippen LogP contribution < -0.4 is 9.46 Å². The first kappa shape index (κ1) is 13.1. The van der Waals surface area contributed by atoms with Gasteiger partial charge in [0.05, 0.1) is 12.4 Å². The van der Waals surface area contributed by atoms with Crippen LogP contribution in [0.5, 0.6) is 5.75 Å². The molecule has 0 amide bonds. The Morgan fingerprint density at radius 2 is 2.11 bits per heavy atom. The van der Waals surface area contributed by atoms with E-state index in [2.05, 4.69) is 23.6 Å². The molecule has 6 heteroatoms. The Bertz CT molecular complexity index is 536. The average Bonchev–Trinajstić information content (AvgIpc) is 2.98. The van der Waals surface area contributed by atoms with E-state index in [1.165, 1.54) is 0 Å². The molecule has 0 saturated heterocycles. The van der Waals surface area contributed by atoms with Gasteiger partial charge in [0.15, 0.2) is 0 Å². The van der Waals surface area contributed by atoms with E-state index in [1.54, 1.807) is 12.3 Å². The normalized spacial score (nSPS) is 15.8. The second-order valence-electron chi connectivity index (χ2n) is 4.95. The van der Waals surface area contributed by atoms with E-state index in [1.807, 2.05) is 0 Å². The molecule has 0 atom stereocenters. The summed E-state index contributed by atoms with van der Waals surface area (Å²) in [5.74, 6) is 1.32. The summed E-state index contributed by atoms with van der Waals surface area (Å²) in [7, 11) is -3.31. The van der Waals surface area contributed by atoms with Gasteiger partial charge in [0.1, 0.15) is 11.6 Å². The summed E-state index contributed by atoms with van der Waals surface area (Å²) in [5, 5.41) is 0. The first-order chi connectivity index (χ1) is 8.35. The highest BCUT2D eigenvalue weighted by Gasteiger charge is 2.25. The molecule has 5 nitrogen and oxygen atoms in total. The molecule has 1 aromatic heterocycles. The topological polar surface area (TPSA) is 68.3 Å². The molecule has 0 unspecified atom stereocenters. The van der Waals surface area contributed by atoms with Gasteiger partial charge in [-0.2, -0.15) is 0 Å². The van der Waals surface area contributed by atoms with Crippen molar-refractivity contribution in [1.82, 2.24) is 4.98 Å². The van der Waals surface area contributed by atoms with Crippen LogP contribution in [0.15, 0.2) is 12.3 Å².